The van der Waals surface area contributed by atoms with Crippen LogP contribution in [0.3, 0.4) is 0 Å². The summed E-state index contributed by atoms with van der Waals surface area (Å²) in [6, 6.07) is 13.3. The molecule has 1 amide bonds. The molecule has 2 aromatic rings. The molecule has 2 rings (SSSR count). The standard InChI is InChI=1S/C21H25NO5/c1-15-6-4-5-7-17(15)13-22-20(23)14-27-21(24)11-9-16-8-10-18(25-2)19(12-16)26-3/h4-8,10,12H,9,11,13-14H2,1-3H3,(H,22,23). The van der Waals surface area contributed by atoms with Gasteiger partial charge in [0.25, 0.3) is 5.91 Å². The van der Waals surface area contributed by atoms with Crippen LogP contribution < -0.4 is 14.8 Å². The Labute approximate surface area is 159 Å². The van der Waals surface area contributed by atoms with Crippen molar-refractivity contribution in [3.05, 3.63) is 59.2 Å². The lowest BCUT2D eigenvalue weighted by Crippen LogP contribution is -2.28. The quantitative estimate of drug-likeness (QED) is 0.686. The number of carbonyl (C=O) groups excluding carboxylic acids is 2. The molecule has 0 aromatic heterocycles. The minimum Gasteiger partial charge on any atom is -0.493 e. The number of ether oxygens (including phenoxy) is 3. The summed E-state index contributed by atoms with van der Waals surface area (Å²) in [6.07, 6.45) is 0.671. The first-order valence-corrected chi connectivity index (χ1v) is 8.71. The van der Waals surface area contributed by atoms with Gasteiger partial charge in [-0.2, -0.15) is 0 Å². The molecular formula is C21H25NO5. The molecule has 27 heavy (non-hydrogen) atoms. The average Bonchev–Trinajstić information content (AvgIpc) is 2.69. The lowest BCUT2D eigenvalue weighted by atomic mass is 10.1. The molecule has 6 heteroatoms. The molecule has 0 radical (unpaired) electrons. The molecule has 0 unspecified atom stereocenters. The Morgan fingerprint density at radius 1 is 1.00 bits per heavy atom. The summed E-state index contributed by atoms with van der Waals surface area (Å²) >= 11 is 0. The van der Waals surface area contributed by atoms with Gasteiger partial charge in [-0.1, -0.05) is 30.3 Å². The third-order valence-electron chi connectivity index (χ3n) is 4.17. The van der Waals surface area contributed by atoms with Gasteiger partial charge in [-0.15, -0.1) is 0 Å². The van der Waals surface area contributed by atoms with Gasteiger partial charge < -0.3 is 19.5 Å². The molecule has 0 bridgehead atoms. The largest absolute Gasteiger partial charge is 0.493 e. The van der Waals surface area contributed by atoms with E-state index in [1.807, 2.05) is 43.3 Å². The summed E-state index contributed by atoms with van der Waals surface area (Å²) in [5.41, 5.74) is 3.06. The number of hydrogen-bond acceptors (Lipinski definition) is 5. The summed E-state index contributed by atoms with van der Waals surface area (Å²) in [4.78, 5) is 23.7. The van der Waals surface area contributed by atoms with E-state index in [0.717, 1.165) is 16.7 Å². The van der Waals surface area contributed by atoms with Gasteiger partial charge in [0, 0.05) is 13.0 Å². The van der Waals surface area contributed by atoms with Crippen LogP contribution in [-0.4, -0.2) is 32.7 Å². The molecule has 0 fully saturated rings. The molecule has 6 nitrogen and oxygen atoms in total. The molecule has 0 saturated carbocycles. The second-order valence-corrected chi connectivity index (χ2v) is 6.05. The summed E-state index contributed by atoms with van der Waals surface area (Å²) in [5, 5.41) is 2.75. The van der Waals surface area contributed by atoms with Crippen molar-refractivity contribution in [1.29, 1.82) is 0 Å². The number of nitrogens with one attached hydrogen (secondary N) is 1. The van der Waals surface area contributed by atoms with Gasteiger partial charge in [0.05, 0.1) is 14.2 Å². The van der Waals surface area contributed by atoms with Crippen molar-refractivity contribution in [2.45, 2.75) is 26.3 Å². The number of aryl methyl sites for hydroxylation is 2. The highest BCUT2D eigenvalue weighted by atomic mass is 16.5. The zero-order valence-electron chi connectivity index (χ0n) is 15.9. The average molecular weight is 371 g/mol. The Bertz CT molecular complexity index is 788. The third-order valence-corrected chi connectivity index (χ3v) is 4.17. The minimum atomic E-state index is -0.421. The van der Waals surface area contributed by atoms with Crippen LogP contribution in [-0.2, 0) is 27.3 Å². The summed E-state index contributed by atoms with van der Waals surface area (Å²) in [6.45, 7) is 2.11. The molecule has 1 N–H and O–H groups in total. The maximum atomic E-state index is 11.9. The van der Waals surface area contributed by atoms with Gasteiger partial charge in [-0.05, 0) is 42.2 Å². The second kappa shape index (κ2) is 10.2. The van der Waals surface area contributed by atoms with Crippen molar-refractivity contribution < 1.29 is 23.8 Å². The number of hydrogen-bond donors (Lipinski definition) is 1. The highest BCUT2D eigenvalue weighted by Crippen LogP contribution is 2.27. The predicted molar refractivity (Wildman–Crippen MR) is 102 cm³/mol. The molecule has 144 valence electrons. The number of rotatable bonds is 9. The Hall–Kier alpha value is -3.02. The van der Waals surface area contributed by atoms with Gasteiger partial charge in [-0.25, -0.2) is 0 Å². The molecule has 0 atom stereocenters. The van der Waals surface area contributed by atoms with Gasteiger partial charge in [-0.3, -0.25) is 9.59 Å². The van der Waals surface area contributed by atoms with Gasteiger partial charge in [0.15, 0.2) is 18.1 Å². The van der Waals surface area contributed by atoms with Crippen LogP contribution in [0.2, 0.25) is 0 Å². The van der Waals surface area contributed by atoms with Gasteiger partial charge in [0.2, 0.25) is 0 Å². The van der Waals surface area contributed by atoms with E-state index in [-0.39, 0.29) is 18.9 Å². The highest BCUT2D eigenvalue weighted by Gasteiger charge is 2.10. The molecular weight excluding hydrogens is 346 g/mol. The Morgan fingerprint density at radius 2 is 1.74 bits per heavy atom. The highest BCUT2D eigenvalue weighted by molar-refractivity contribution is 5.80. The molecule has 0 heterocycles. The molecule has 2 aromatic carbocycles. The van der Waals surface area contributed by atoms with E-state index in [1.165, 1.54) is 0 Å². The minimum absolute atomic E-state index is 0.181. The van der Waals surface area contributed by atoms with Crippen molar-refractivity contribution >= 4 is 11.9 Å². The first-order chi connectivity index (χ1) is 13.0. The number of amides is 1. The fraction of sp³-hybridized carbons (Fsp3) is 0.333. The monoisotopic (exact) mass is 371 g/mol. The molecule has 0 spiro atoms. The first kappa shape index (κ1) is 20.3. The van der Waals surface area contributed by atoms with Gasteiger partial charge >= 0.3 is 5.97 Å². The third kappa shape index (κ3) is 6.33. The van der Waals surface area contributed by atoms with E-state index < -0.39 is 5.97 Å². The van der Waals surface area contributed by atoms with E-state index in [0.29, 0.717) is 24.5 Å². The van der Waals surface area contributed by atoms with Crippen molar-refractivity contribution in [2.75, 3.05) is 20.8 Å². The number of esters is 1. The van der Waals surface area contributed by atoms with Crippen molar-refractivity contribution in [1.82, 2.24) is 5.32 Å². The van der Waals surface area contributed by atoms with Crippen LogP contribution in [0.25, 0.3) is 0 Å². The SMILES string of the molecule is COc1ccc(CCC(=O)OCC(=O)NCc2ccccc2C)cc1OC. The van der Waals surface area contributed by atoms with Crippen LogP contribution in [0, 0.1) is 6.92 Å². The number of methoxy groups -OCH3 is 2. The smallest absolute Gasteiger partial charge is 0.306 e. The van der Waals surface area contributed by atoms with Crippen LogP contribution in [0.5, 0.6) is 11.5 Å². The van der Waals surface area contributed by atoms with Crippen molar-refractivity contribution in [3.63, 3.8) is 0 Å². The zero-order chi connectivity index (χ0) is 19.6. The lowest BCUT2D eigenvalue weighted by Gasteiger charge is -2.10. The van der Waals surface area contributed by atoms with E-state index in [9.17, 15) is 9.59 Å². The normalized spacial score (nSPS) is 10.2. The van der Waals surface area contributed by atoms with E-state index >= 15 is 0 Å². The van der Waals surface area contributed by atoms with E-state index in [1.54, 1.807) is 20.3 Å². The Balaban J connectivity index is 1.73. The fourth-order valence-corrected chi connectivity index (χ4v) is 2.55. The summed E-state index contributed by atoms with van der Waals surface area (Å²) in [7, 11) is 3.13. The summed E-state index contributed by atoms with van der Waals surface area (Å²) < 4.78 is 15.5. The topological polar surface area (TPSA) is 73.9 Å². The van der Waals surface area contributed by atoms with Crippen molar-refractivity contribution in [2.24, 2.45) is 0 Å². The maximum absolute atomic E-state index is 11.9. The number of carbonyl (C=O) groups is 2. The zero-order valence-corrected chi connectivity index (χ0v) is 15.9. The van der Waals surface area contributed by atoms with Crippen LogP contribution in [0.4, 0.5) is 0 Å². The Kier molecular flexibility index (Phi) is 7.67. The van der Waals surface area contributed by atoms with Crippen LogP contribution in [0.15, 0.2) is 42.5 Å². The predicted octanol–water partition coefficient (Wildman–Crippen LogP) is 2.80. The van der Waals surface area contributed by atoms with E-state index in [2.05, 4.69) is 5.32 Å². The van der Waals surface area contributed by atoms with Crippen LogP contribution in [0.1, 0.15) is 23.1 Å². The van der Waals surface area contributed by atoms with Gasteiger partial charge in [0.1, 0.15) is 0 Å². The molecule has 0 aliphatic rings. The van der Waals surface area contributed by atoms with E-state index in [4.69, 9.17) is 14.2 Å². The number of benzene rings is 2. The molecule has 0 aliphatic heterocycles. The summed E-state index contributed by atoms with van der Waals surface area (Å²) in [5.74, 6) is 0.502. The molecule has 0 saturated heterocycles. The Morgan fingerprint density at radius 3 is 2.44 bits per heavy atom. The first-order valence-electron chi connectivity index (χ1n) is 8.71. The van der Waals surface area contributed by atoms with Crippen molar-refractivity contribution in [3.8, 4) is 11.5 Å². The maximum Gasteiger partial charge on any atom is 0.306 e. The fourth-order valence-electron chi connectivity index (χ4n) is 2.55. The lowest BCUT2D eigenvalue weighted by molar-refractivity contribution is -0.148. The second-order valence-electron chi connectivity index (χ2n) is 6.05. The molecule has 0 aliphatic carbocycles. The van der Waals surface area contributed by atoms with Crippen LogP contribution >= 0.6 is 0 Å².